The Bertz CT molecular complexity index is 1930. The molecule has 226 valence electrons. The van der Waals surface area contributed by atoms with E-state index in [0.29, 0.717) is 38.6 Å². The molecule has 1 saturated heterocycles. The molecule has 5 aromatic rings. The number of aliphatic hydroxyl groups excluding tert-OH is 1. The van der Waals surface area contributed by atoms with Crippen molar-refractivity contribution in [1.29, 1.82) is 0 Å². The molecule has 0 radical (unpaired) electrons. The molecular weight excluding hydrogens is 630 g/mol. The number of aliphatic hydroxyl groups is 1. The summed E-state index contributed by atoms with van der Waals surface area (Å²) in [5.74, 6) is -1.03. The molecule has 0 bridgehead atoms. The van der Waals surface area contributed by atoms with Crippen LogP contribution in [0.4, 0.5) is 5.13 Å². The van der Waals surface area contributed by atoms with Gasteiger partial charge in [-0.3, -0.25) is 14.5 Å². The molecule has 0 saturated carbocycles. The lowest BCUT2D eigenvalue weighted by Crippen LogP contribution is -2.29. The zero-order valence-corrected chi connectivity index (χ0v) is 26.3. The number of halogens is 1. The van der Waals surface area contributed by atoms with Crippen molar-refractivity contribution in [3.63, 3.8) is 0 Å². The van der Waals surface area contributed by atoms with Crippen molar-refractivity contribution in [3.05, 3.63) is 135 Å². The molecule has 1 fully saturated rings. The smallest absolute Gasteiger partial charge is 0.301 e. The highest BCUT2D eigenvalue weighted by atomic mass is 35.5. The van der Waals surface area contributed by atoms with Crippen molar-refractivity contribution < 1.29 is 24.5 Å². The highest BCUT2D eigenvalue weighted by molar-refractivity contribution is 8.00. The molecule has 0 spiro atoms. The number of Topliss-reactive ketones (excluding diaryl/α,β-unsaturated/α-hetero) is 1. The number of hydrogen-bond acceptors (Lipinski definition) is 9. The summed E-state index contributed by atoms with van der Waals surface area (Å²) in [5.41, 5.74) is 3.71. The molecule has 0 aliphatic carbocycles. The Hall–Kier alpha value is -4.64. The van der Waals surface area contributed by atoms with Gasteiger partial charge in [-0.05, 0) is 66.1 Å². The van der Waals surface area contributed by atoms with Crippen LogP contribution in [-0.2, 0) is 21.9 Å². The van der Waals surface area contributed by atoms with Crippen molar-refractivity contribution in [2.24, 2.45) is 0 Å². The summed E-state index contributed by atoms with van der Waals surface area (Å²) < 4.78 is 6.47. The summed E-state index contributed by atoms with van der Waals surface area (Å²) in [6, 6.07) is 27.3. The minimum atomic E-state index is -1.05. The first-order valence-electron chi connectivity index (χ1n) is 13.9. The molecule has 8 nitrogen and oxygen atoms in total. The van der Waals surface area contributed by atoms with E-state index in [-0.39, 0.29) is 22.2 Å². The summed E-state index contributed by atoms with van der Waals surface area (Å²) in [7, 11) is 0. The summed E-state index contributed by atoms with van der Waals surface area (Å²) >= 11 is 8.84. The van der Waals surface area contributed by atoms with Gasteiger partial charge in [0.15, 0.2) is 4.34 Å². The molecule has 1 atom stereocenters. The van der Waals surface area contributed by atoms with Crippen LogP contribution in [0.2, 0.25) is 5.02 Å². The van der Waals surface area contributed by atoms with Crippen molar-refractivity contribution in [2.45, 2.75) is 29.7 Å². The minimum absolute atomic E-state index is 0.0542. The number of anilines is 1. The predicted molar refractivity (Wildman–Crippen MR) is 176 cm³/mol. The summed E-state index contributed by atoms with van der Waals surface area (Å²) in [6.07, 6.45) is 0. The van der Waals surface area contributed by atoms with E-state index in [9.17, 15) is 19.8 Å². The number of phenols is 1. The second-order valence-corrected chi connectivity index (χ2v) is 12.9. The Labute approximate surface area is 272 Å². The molecular formula is C34H26ClN3O5S2. The molecule has 4 aromatic carbocycles. The van der Waals surface area contributed by atoms with E-state index in [1.54, 1.807) is 36.4 Å². The number of aromatic hydroxyl groups is 1. The van der Waals surface area contributed by atoms with Crippen molar-refractivity contribution in [3.8, 4) is 11.5 Å². The average Bonchev–Trinajstić information content (AvgIpc) is 3.61. The zero-order valence-electron chi connectivity index (χ0n) is 23.9. The number of aromatic nitrogens is 2. The van der Waals surface area contributed by atoms with Gasteiger partial charge in [0, 0.05) is 16.3 Å². The molecule has 6 rings (SSSR count). The van der Waals surface area contributed by atoms with E-state index in [1.165, 1.54) is 28.8 Å². The van der Waals surface area contributed by atoms with E-state index in [4.69, 9.17) is 16.3 Å². The number of hydrogen-bond donors (Lipinski definition) is 2. The zero-order chi connectivity index (χ0) is 31.5. The number of aryl methyl sites for hydroxylation is 1. The van der Waals surface area contributed by atoms with Gasteiger partial charge in [-0.1, -0.05) is 94.9 Å². The molecule has 11 heteroatoms. The molecule has 1 aromatic heterocycles. The second-order valence-electron chi connectivity index (χ2n) is 10.3. The standard InChI is InChI=1S/C34H26ClN3O5S2/c1-20-6-4-7-21(16-20)18-43-26-14-12-22(13-15-26)30(40)28-29(23-9-5-10-25(39)17-23)38(32(42)31(28)41)33-36-37-34(45-33)44-19-24-8-2-3-11-27(24)35/h2-17,29,39-40H,18-19H2,1H3. The molecule has 1 amide bonds. The third-order valence-electron chi connectivity index (χ3n) is 7.16. The van der Waals surface area contributed by atoms with Crippen LogP contribution < -0.4 is 9.64 Å². The van der Waals surface area contributed by atoms with Gasteiger partial charge in [0.1, 0.15) is 23.9 Å². The maximum Gasteiger partial charge on any atom is 0.301 e. The minimum Gasteiger partial charge on any atom is -0.508 e. The highest BCUT2D eigenvalue weighted by Gasteiger charge is 2.48. The van der Waals surface area contributed by atoms with Gasteiger partial charge in [0.25, 0.3) is 5.78 Å². The Morgan fingerprint density at radius 3 is 2.51 bits per heavy atom. The van der Waals surface area contributed by atoms with E-state index in [0.717, 1.165) is 28.0 Å². The number of benzene rings is 4. The van der Waals surface area contributed by atoms with Gasteiger partial charge in [-0.2, -0.15) is 0 Å². The van der Waals surface area contributed by atoms with Crippen LogP contribution in [0.1, 0.15) is 33.9 Å². The lowest BCUT2D eigenvalue weighted by molar-refractivity contribution is -0.132. The van der Waals surface area contributed by atoms with Gasteiger partial charge in [0.05, 0.1) is 11.6 Å². The van der Waals surface area contributed by atoms with Crippen molar-refractivity contribution in [1.82, 2.24) is 10.2 Å². The maximum absolute atomic E-state index is 13.5. The molecule has 1 unspecified atom stereocenters. The van der Waals surface area contributed by atoms with E-state index < -0.39 is 17.7 Å². The fraction of sp³-hybridized carbons (Fsp3) is 0.118. The molecule has 1 aliphatic heterocycles. The number of rotatable bonds is 9. The Kier molecular flexibility index (Phi) is 8.88. The Balaban J connectivity index is 1.30. The fourth-order valence-corrected chi connectivity index (χ4v) is 7.14. The number of thioether (sulfide) groups is 1. The second kappa shape index (κ2) is 13.2. The lowest BCUT2D eigenvalue weighted by Gasteiger charge is -2.22. The fourth-order valence-electron chi connectivity index (χ4n) is 4.99. The van der Waals surface area contributed by atoms with Crippen LogP contribution in [0.3, 0.4) is 0 Å². The normalized spacial score (nSPS) is 15.9. The number of ketones is 1. The van der Waals surface area contributed by atoms with Crippen LogP contribution in [-0.4, -0.2) is 32.1 Å². The van der Waals surface area contributed by atoms with Gasteiger partial charge >= 0.3 is 5.91 Å². The Morgan fingerprint density at radius 2 is 1.76 bits per heavy atom. The largest absolute Gasteiger partial charge is 0.508 e. The number of carbonyl (C=O) groups is 2. The van der Waals surface area contributed by atoms with Crippen LogP contribution >= 0.6 is 34.7 Å². The third-order valence-corrected chi connectivity index (χ3v) is 9.63. The SMILES string of the molecule is Cc1cccc(COc2ccc(C(O)=C3C(=O)C(=O)N(c4nnc(SCc5ccccc5Cl)s4)C3c3cccc(O)c3)cc2)c1. The number of amides is 1. The van der Waals surface area contributed by atoms with Crippen molar-refractivity contribution in [2.75, 3.05) is 4.90 Å². The monoisotopic (exact) mass is 655 g/mol. The third kappa shape index (κ3) is 6.58. The van der Waals surface area contributed by atoms with Gasteiger partial charge in [0.2, 0.25) is 5.13 Å². The average molecular weight is 656 g/mol. The highest BCUT2D eigenvalue weighted by Crippen LogP contribution is 2.44. The summed E-state index contributed by atoms with van der Waals surface area (Å²) in [5, 5.41) is 31.0. The maximum atomic E-state index is 13.5. The van der Waals surface area contributed by atoms with Crippen LogP contribution in [0, 0.1) is 6.92 Å². The molecule has 2 N–H and O–H groups in total. The van der Waals surface area contributed by atoms with Crippen LogP contribution in [0.25, 0.3) is 5.76 Å². The first-order valence-corrected chi connectivity index (χ1v) is 16.0. The quantitative estimate of drug-likeness (QED) is 0.0546. The van der Waals surface area contributed by atoms with Crippen LogP contribution in [0.15, 0.2) is 107 Å². The van der Waals surface area contributed by atoms with Gasteiger partial charge in [-0.25, -0.2) is 0 Å². The lowest BCUT2D eigenvalue weighted by atomic mass is 9.95. The summed E-state index contributed by atoms with van der Waals surface area (Å²) in [4.78, 5) is 28.3. The summed E-state index contributed by atoms with van der Waals surface area (Å²) in [6.45, 7) is 2.39. The number of ether oxygens (including phenoxy) is 1. The first kappa shape index (κ1) is 30.4. The van der Waals surface area contributed by atoms with Crippen molar-refractivity contribution >= 4 is 57.3 Å². The molecule has 1 aliphatic rings. The van der Waals surface area contributed by atoms with Gasteiger partial charge < -0.3 is 14.9 Å². The number of nitrogens with zero attached hydrogens (tertiary/aromatic N) is 3. The number of carbonyl (C=O) groups excluding carboxylic acids is 2. The van der Waals surface area contributed by atoms with E-state index in [1.807, 2.05) is 55.5 Å². The van der Waals surface area contributed by atoms with E-state index >= 15 is 0 Å². The Morgan fingerprint density at radius 1 is 0.978 bits per heavy atom. The first-order chi connectivity index (χ1) is 21.8. The van der Waals surface area contributed by atoms with E-state index in [2.05, 4.69) is 10.2 Å². The topological polar surface area (TPSA) is 113 Å². The molecule has 45 heavy (non-hydrogen) atoms. The predicted octanol–water partition coefficient (Wildman–Crippen LogP) is 7.70. The van der Waals surface area contributed by atoms with Crippen LogP contribution in [0.5, 0.6) is 11.5 Å². The molecule has 2 heterocycles. The number of phenolic OH excluding ortho intramolecular Hbond substituents is 1. The van der Waals surface area contributed by atoms with Gasteiger partial charge in [-0.15, -0.1) is 10.2 Å².